The normalized spacial score (nSPS) is 11.0. The van der Waals surface area contributed by atoms with E-state index in [1.165, 1.54) is 0 Å². The smallest absolute Gasteiger partial charge is 0.153 e. The standard InChI is InChI=1S/C10H10Cl2O/c1-2-3-4-7-5-6-8(11)10(13)9(7)12/h3-6,13H,2H2,1H3/b4-3+. The number of rotatable bonds is 2. The van der Waals surface area contributed by atoms with Gasteiger partial charge in [-0.25, -0.2) is 0 Å². The van der Waals surface area contributed by atoms with Gasteiger partial charge in [-0.05, 0) is 18.1 Å². The van der Waals surface area contributed by atoms with E-state index in [1.54, 1.807) is 12.1 Å². The summed E-state index contributed by atoms with van der Waals surface area (Å²) in [6.45, 7) is 2.03. The maximum absolute atomic E-state index is 9.39. The first-order valence-electron chi connectivity index (χ1n) is 4.00. The van der Waals surface area contributed by atoms with Crippen LogP contribution in [0.5, 0.6) is 5.75 Å². The third-order valence-corrected chi connectivity index (χ3v) is 2.33. The maximum Gasteiger partial charge on any atom is 0.153 e. The van der Waals surface area contributed by atoms with E-state index in [-0.39, 0.29) is 10.8 Å². The predicted octanol–water partition coefficient (Wildman–Crippen LogP) is 4.12. The van der Waals surface area contributed by atoms with Crippen LogP contribution < -0.4 is 0 Å². The average Bonchev–Trinajstić information content (AvgIpc) is 2.13. The van der Waals surface area contributed by atoms with E-state index in [0.29, 0.717) is 5.02 Å². The van der Waals surface area contributed by atoms with Crippen molar-refractivity contribution >= 4 is 29.3 Å². The Hall–Kier alpha value is -0.660. The van der Waals surface area contributed by atoms with E-state index in [2.05, 4.69) is 0 Å². The molecule has 0 fully saturated rings. The van der Waals surface area contributed by atoms with Crippen LogP contribution in [0.25, 0.3) is 6.08 Å². The molecule has 0 heterocycles. The number of aromatic hydroxyl groups is 1. The second-order valence-electron chi connectivity index (χ2n) is 2.61. The molecule has 0 bridgehead atoms. The van der Waals surface area contributed by atoms with Crippen molar-refractivity contribution in [3.8, 4) is 5.75 Å². The molecule has 0 spiro atoms. The Kier molecular flexibility index (Phi) is 3.64. The van der Waals surface area contributed by atoms with Gasteiger partial charge in [0.1, 0.15) is 0 Å². The molecule has 0 amide bonds. The number of hydrogen-bond donors (Lipinski definition) is 1. The second kappa shape index (κ2) is 4.54. The molecule has 1 N–H and O–H groups in total. The molecule has 1 aromatic rings. The van der Waals surface area contributed by atoms with Crippen LogP contribution in [0.4, 0.5) is 0 Å². The van der Waals surface area contributed by atoms with Crippen LogP contribution in [0.1, 0.15) is 18.9 Å². The van der Waals surface area contributed by atoms with E-state index in [4.69, 9.17) is 23.2 Å². The van der Waals surface area contributed by atoms with E-state index in [9.17, 15) is 5.11 Å². The molecule has 3 heteroatoms. The number of phenols is 1. The summed E-state index contributed by atoms with van der Waals surface area (Å²) in [5.74, 6) is -0.0541. The fraction of sp³-hybridized carbons (Fsp3) is 0.200. The molecule has 0 aromatic heterocycles. The third kappa shape index (κ3) is 2.39. The Morgan fingerprint density at radius 1 is 1.38 bits per heavy atom. The molecular formula is C10H10Cl2O. The van der Waals surface area contributed by atoms with Gasteiger partial charge in [0.05, 0.1) is 10.0 Å². The van der Waals surface area contributed by atoms with Crippen molar-refractivity contribution in [1.29, 1.82) is 0 Å². The van der Waals surface area contributed by atoms with Gasteiger partial charge < -0.3 is 5.11 Å². The first kappa shape index (κ1) is 10.4. The van der Waals surface area contributed by atoms with Gasteiger partial charge in [0, 0.05) is 0 Å². The van der Waals surface area contributed by atoms with Crippen molar-refractivity contribution in [3.05, 3.63) is 33.8 Å². The van der Waals surface area contributed by atoms with E-state index in [0.717, 1.165) is 12.0 Å². The number of hydrogen-bond acceptors (Lipinski definition) is 1. The Bertz CT molecular complexity index is 332. The van der Waals surface area contributed by atoms with Gasteiger partial charge in [0.15, 0.2) is 5.75 Å². The van der Waals surface area contributed by atoms with E-state index < -0.39 is 0 Å². The van der Waals surface area contributed by atoms with Gasteiger partial charge in [-0.3, -0.25) is 0 Å². The number of phenolic OH excluding ortho intramolecular Hbond substituents is 1. The lowest BCUT2D eigenvalue weighted by Gasteiger charge is -2.02. The number of allylic oxidation sites excluding steroid dienone is 1. The first-order valence-corrected chi connectivity index (χ1v) is 4.76. The Balaban J connectivity index is 3.11. The summed E-state index contributed by atoms with van der Waals surface area (Å²) in [4.78, 5) is 0. The van der Waals surface area contributed by atoms with Crippen LogP contribution in [0.15, 0.2) is 18.2 Å². The van der Waals surface area contributed by atoms with E-state index >= 15 is 0 Å². The quantitative estimate of drug-likeness (QED) is 0.789. The highest BCUT2D eigenvalue weighted by molar-refractivity contribution is 6.38. The molecule has 0 aliphatic rings. The minimum Gasteiger partial charge on any atom is -0.505 e. The average molecular weight is 217 g/mol. The Morgan fingerprint density at radius 2 is 2.08 bits per heavy atom. The lowest BCUT2D eigenvalue weighted by Crippen LogP contribution is -1.77. The van der Waals surface area contributed by atoms with Crippen molar-refractivity contribution < 1.29 is 5.11 Å². The molecule has 0 atom stereocenters. The summed E-state index contributed by atoms with van der Waals surface area (Å²) in [5, 5.41) is 9.97. The van der Waals surface area contributed by atoms with Crippen LogP contribution in [0.3, 0.4) is 0 Å². The minimum atomic E-state index is -0.0541. The molecule has 0 aliphatic heterocycles. The minimum absolute atomic E-state index is 0.0541. The zero-order chi connectivity index (χ0) is 9.84. The van der Waals surface area contributed by atoms with Crippen molar-refractivity contribution in [3.63, 3.8) is 0 Å². The molecule has 0 aliphatic carbocycles. The zero-order valence-corrected chi connectivity index (χ0v) is 8.73. The molecule has 0 saturated heterocycles. The zero-order valence-electron chi connectivity index (χ0n) is 7.22. The fourth-order valence-corrected chi connectivity index (χ4v) is 1.36. The molecule has 1 rings (SSSR count). The van der Waals surface area contributed by atoms with Crippen LogP contribution in [0.2, 0.25) is 10.0 Å². The van der Waals surface area contributed by atoms with Gasteiger partial charge in [0.25, 0.3) is 0 Å². The first-order chi connectivity index (χ1) is 6.16. The summed E-state index contributed by atoms with van der Waals surface area (Å²) in [7, 11) is 0. The van der Waals surface area contributed by atoms with Gasteiger partial charge in [0.2, 0.25) is 0 Å². The lowest BCUT2D eigenvalue weighted by molar-refractivity contribution is 0.476. The monoisotopic (exact) mass is 216 g/mol. The molecule has 1 nitrogen and oxygen atoms in total. The molecule has 70 valence electrons. The summed E-state index contributed by atoms with van der Waals surface area (Å²) in [6.07, 6.45) is 4.76. The van der Waals surface area contributed by atoms with Gasteiger partial charge in [-0.2, -0.15) is 0 Å². The van der Waals surface area contributed by atoms with Crippen molar-refractivity contribution in [2.45, 2.75) is 13.3 Å². The summed E-state index contributed by atoms with van der Waals surface area (Å²) < 4.78 is 0. The largest absolute Gasteiger partial charge is 0.505 e. The highest BCUT2D eigenvalue weighted by Crippen LogP contribution is 2.34. The van der Waals surface area contributed by atoms with Crippen LogP contribution in [0, 0.1) is 0 Å². The second-order valence-corrected chi connectivity index (χ2v) is 3.39. The van der Waals surface area contributed by atoms with Crippen molar-refractivity contribution in [2.24, 2.45) is 0 Å². The highest BCUT2D eigenvalue weighted by atomic mass is 35.5. The van der Waals surface area contributed by atoms with Gasteiger partial charge >= 0.3 is 0 Å². The topological polar surface area (TPSA) is 20.2 Å². The Labute approximate surface area is 87.6 Å². The predicted molar refractivity (Wildman–Crippen MR) is 57.5 cm³/mol. The molecule has 0 saturated carbocycles. The molecule has 1 aromatic carbocycles. The maximum atomic E-state index is 9.39. The van der Waals surface area contributed by atoms with E-state index in [1.807, 2.05) is 19.1 Å². The molecule has 13 heavy (non-hydrogen) atoms. The molecule has 0 radical (unpaired) electrons. The highest BCUT2D eigenvalue weighted by Gasteiger charge is 2.06. The summed E-state index contributed by atoms with van der Waals surface area (Å²) in [6, 6.07) is 3.40. The fourth-order valence-electron chi connectivity index (χ4n) is 0.930. The van der Waals surface area contributed by atoms with Crippen LogP contribution in [-0.4, -0.2) is 5.11 Å². The summed E-state index contributed by atoms with van der Waals surface area (Å²) in [5.41, 5.74) is 0.783. The van der Waals surface area contributed by atoms with Crippen LogP contribution in [-0.2, 0) is 0 Å². The Morgan fingerprint density at radius 3 is 2.69 bits per heavy atom. The molecular weight excluding hydrogens is 207 g/mol. The lowest BCUT2D eigenvalue weighted by atomic mass is 10.2. The SMILES string of the molecule is CC/C=C/c1ccc(Cl)c(O)c1Cl. The van der Waals surface area contributed by atoms with Crippen molar-refractivity contribution in [1.82, 2.24) is 0 Å². The van der Waals surface area contributed by atoms with Crippen molar-refractivity contribution in [2.75, 3.05) is 0 Å². The van der Waals surface area contributed by atoms with Gasteiger partial charge in [-0.15, -0.1) is 0 Å². The van der Waals surface area contributed by atoms with Crippen LogP contribution >= 0.6 is 23.2 Å². The third-order valence-electron chi connectivity index (χ3n) is 1.63. The number of benzene rings is 1. The number of halogens is 2. The molecule has 0 unspecified atom stereocenters. The summed E-state index contributed by atoms with van der Waals surface area (Å²) >= 11 is 11.5. The van der Waals surface area contributed by atoms with Gasteiger partial charge in [-0.1, -0.05) is 48.3 Å².